The normalized spacial score (nSPS) is 19.7. The summed E-state index contributed by atoms with van der Waals surface area (Å²) in [7, 11) is -4.61. The van der Waals surface area contributed by atoms with Crippen LogP contribution in [0.3, 0.4) is 0 Å². The van der Waals surface area contributed by atoms with Crippen LogP contribution in [0.15, 0.2) is 95.7 Å². The van der Waals surface area contributed by atoms with Crippen LogP contribution in [0.5, 0.6) is 5.75 Å². The summed E-state index contributed by atoms with van der Waals surface area (Å²) < 4.78 is 43.4. The SMILES string of the molecule is CC1(C)CCC(CN2CCN(c3ccc(C(=O)NS(=O)(=O)c4ccc(OC[C@H]5CN(C6CC6)CCO5)c([N+](=O)[O-])c4)c(-n4[nH]cc5nc6nccc6cc54)c3)CC2)=C(c2ccc(Cl)cc2)C1. The Bertz CT molecular complexity index is 2980. The third-order valence-corrected chi connectivity index (χ3v) is 15.0. The highest BCUT2D eigenvalue weighted by molar-refractivity contribution is 7.90. The number of aromatic amines is 1. The average Bonchev–Trinajstić information content (AvgIpc) is 3.93. The summed E-state index contributed by atoms with van der Waals surface area (Å²) in [6.07, 6.45) is 8.60. The van der Waals surface area contributed by atoms with Gasteiger partial charge in [-0.2, -0.15) is 0 Å². The lowest BCUT2D eigenvalue weighted by molar-refractivity contribution is -0.386. The highest BCUT2D eigenvalue weighted by Crippen LogP contribution is 2.43. The predicted octanol–water partition coefficient (Wildman–Crippen LogP) is 7.61. The number of ether oxygens (including phenoxy) is 2. The second-order valence-electron chi connectivity index (χ2n) is 18.6. The Morgan fingerprint density at radius 3 is 2.61 bits per heavy atom. The van der Waals surface area contributed by atoms with Crippen LogP contribution in [0.1, 0.15) is 61.9 Å². The number of amides is 1. The Kier molecular flexibility index (Phi) is 11.8. The first kappa shape index (κ1) is 44.0. The van der Waals surface area contributed by atoms with Crippen LogP contribution in [-0.2, 0) is 14.8 Å². The van der Waals surface area contributed by atoms with E-state index >= 15 is 0 Å². The Labute approximate surface area is 387 Å². The van der Waals surface area contributed by atoms with Gasteiger partial charge < -0.3 is 14.4 Å². The molecule has 3 aromatic heterocycles. The molecule has 6 aromatic rings. The number of allylic oxidation sites excluding steroid dienone is 1. The minimum atomic E-state index is -4.61. The van der Waals surface area contributed by atoms with E-state index in [1.54, 1.807) is 23.1 Å². The van der Waals surface area contributed by atoms with Gasteiger partial charge >= 0.3 is 5.69 Å². The van der Waals surface area contributed by atoms with Crippen LogP contribution in [0.25, 0.3) is 33.3 Å². The smallest absolute Gasteiger partial charge is 0.312 e. The third kappa shape index (κ3) is 9.27. The van der Waals surface area contributed by atoms with Gasteiger partial charge in [0, 0.05) is 86.4 Å². The summed E-state index contributed by atoms with van der Waals surface area (Å²) in [5.41, 5.74) is 6.92. The number of carbonyl (C=O) groups is 1. The largest absolute Gasteiger partial charge is 0.484 e. The number of rotatable bonds is 13. The van der Waals surface area contributed by atoms with E-state index in [9.17, 15) is 23.3 Å². The van der Waals surface area contributed by atoms with Gasteiger partial charge in [0.1, 0.15) is 18.2 Å². The Morgan fingerprint density at radius 2 is 1.83 bits per heavy atom. The van der Waals surface area contributed by atoms with Crippen molar-refractivity contribution in [1.29, 1.82) is 0 Å². The highest BCUT2D eigenvalue weighted by atomic mass is 35.5. The fraction of sp³-hybridized carbons (Fsp3) is 0.396. The van der Waals surface area contributed by atoms with Crippen molar-refractivity contribution in [2.75, 3.05) is 63.9 Å². The van der Waals surface area contributed by atoms with Crippen molar-refractivity contribution in [3.8, 4) is 11.4 Å². The number of pyridine rings is 1. The molecule has 2 aliphatic carbocycles. The number of nitrogens with one attached hydrogen (secondary N) is 2. The quantitative estimate of drug-likeness (QED) is 0.0856. The molecule has 66 heavy (non-hydrogen) atoms. The number of hydrogen-bond acceptors (Lipinski definition) is 12. The van der Waals surface area contributed by atoms with E-state index in [2.05, 4.69) is 60.5 Å². The molecule has 0 unspecified atom stereocenters. The molecule has 0 spiro atoms. The number of sulfonamides is 1. The molecule has 2 N–H and O–H groups in total. The minimum absolute atomic E-state index is 0.0551. The second-order valence-corrected chi connectivity index (χ2v) is 20.7. The maximum atomic E-state index is 14.3. The van der Waals surface area contributed by atoms with Gasteiger partial charge in [-0.3, -0.25) is 34.5 Å². The second kappa shape index (κ2) is 17.8. The van der Waals surface area contributed by atoms with Gasteiger partial charge in [0.05, 0.1) is 33.2 Å². The van der Waals surface area contributed by atoms with Gasteiger partial charge in [-0.05, 0) is 103 Å². The lowest BCUT2D eigenvalue weighted by Gasteiger charge is -2.39. The standard InChI is InChI=1S/C48H52ClN9O7S/c1-48(2)15-13-33(40(26-48)31-3-5-34(49)6-4-31)28-54-17-19-55(20-18-54)36-9-11-39(42(24-36)57-43-23-32-14-16-50-46(32)52-41(43)27-51-57)47(59)53-66(62,63)38-10-12-45(44(25-38)58(60)61)65-30-37-29-56(21-22-64-37)35-7-8-35/h3-6,9-12,14,16,23-25,27,35,37,51H,7-8,13,15,17-22,26,28-30H2,1-2H3,(H,53,59)/t37-/m1/s1. The van der Waals surface area contributed by atoms with E-state index in [0.29, 0.717) is 41.6 Å². The summed E-state index contributed by atoms with van der Waals surface area (Å²) >= 11 is 6.26. The fourth-order valence-electron chi connectivity index (χ4n) is 9.57. The van der Waals surface area contributed by atoms with Crippen molar-refractivity contribution in [3.63, 3.8) is 0 Å². The monoisotopic (exact) mass is 933 g/mol. The number of piperazine rings is 1. The number of halogens is 1. The highest BCUT2D eigenvalue weighted by Gasteiger charge is 2.34. The predicted molar refractivity (Wildman–Crippen MR) is 253 cm³/mol. The number of H-pyrrole nitrogens is 1. The minimum Gasteiger partial charge on any atom is -0.484 e. The molecule has 2 aliphatic heterocycles. The van der Waals surface area contributed by atoms with Crippen molar-refractivity contribution >= 4 is 66.5 Å². The molecule has 0 bridgehead atoms. The van der Waals surface area contributed by atoms with Gasteiger partial charge in [-0.15, -0.1) is 0 Å². The number of fused-ring (bicyclic) bond motifs is 2. The van der Waals surface area contributed by atoms with Gasteiger partial charge in [0.2, 0.25) is 0 Å². The number of carbonyl (C=O) groups excluding carboxylic acids is 1. The molecule has 10 rings (SSSR count). The topological polar surface area (TPSA) is 181 Å². The van der Waals surface area contributed by atoms with Crippen LogP contribution in [0.2, 0.25) is 5.02 Å². The molecular weight excluding hydrogens is 882 g/mol. The van der Waals surface area contributed by atoms with Crippen LogP contribution in [-0.4, -0.2) is 120 Å². The first-order valence-corrected chi connectivity index (χ1v) is 24.4. The van der Waals surface area contributed by atoms with E-state index in [0.717, 1.165) is 93.5 Å². The van der Waals surface area contributed by atoms with Crippen molar-refractivity contribution in [3.05, 3.63) is 117 Å². The number of hydrogen-bond donors (Lipinski definition) is 2. The first-order valence-electron chi connectivity index (χ1n) is 22.5. The van der Waals surface area contributed by atoms with E-state index < -0.39 is 31.4 Å². The van der Waals surface area contributed by atoms with Crippen LogP contribution in [0.4, 0.5) is 11.4 Å². The lowest BCUT2D eigenvalue weighted by atomic mass is 9.72. The van der Waals surface area contributed by atoms with E-state index in [4.69, 9.17) is 21.1 Å². The number of aromatic nitrogens is 4. The number of anilines is 1. The molecule has 344 valence electrons. The van der Waals surface area contributed by atoms with Gasteiger partial charge in [0.25, 0.3) is 15.9 Å². The molecule has 5 heterocycles. The summed E-state index contributed by atoms with van der Waals surface area (Å²) in [5, 5.41) is 17.0. The van der Waals surface area contributed by atoms with Crippen LogP contribution < -0.4 is 14.4 Å². The summed E-state index contributed by atoms with van der Waals surface area (Å²) in [5.74, 6) is -1.01. The van der Waals surface area contributed by atoms with E-state index in [-0.39, 0.29) is 29.4 Å². The molecule has 2 saturated heterocycles. The van der Waals surface area contributed by atoms with Gasteiger partial charge in [0.15, 0.2) is 11.4 Å². The van der Waals surface area contributed by atoms with Crippen LogP contribution >= 0.6 is 11.6 Å². The maximum absolute atomic E-state index is 14.3. The van der Waals surface area contributed by atoms with E-state index in [1.807, 2.05) is 36.4 Å². The zero-order chi connectivity index (χ0) is 45.7. The van der Waals surface area contributed by atoms with Crippen LogP contribution in [0, 0.1) is 15.5 Å². The molecule has 1 atom stereocenters. The molecular formula is C48H52ClN9O7S. The number of benzene rings is 3. The van der Waals surface area contributed by atoms with Gasteiger partial charge in [-0.1, -0.05) is 43.2 Å². The summed E-state index contributed by atoms with van der Waals surface area (Å²) in [6, 6.07) is 21.2. The average molecular weight is 935 g/mol. The first-order chi connectivity index (χ1) is 31.8. The zero-order valence-corrected chi connectivity index (χ0v) is 38.5. The Hall–Kier alpha value is -5.85. The molecule has 1 amide bonds. The molecule has 3 aromatic carbocycles. The zero-order valence-electron chi connectivity index (χ0n) is 36.9. The summed E-state index contributed by atoms with van der Waals surface area (Å²) in [4.78, 5) is 41.5. The fourth-order valence-corrected chi connectivity index (χ4v) is 10.7. The van der Waals surface area contributed by atoms with Crippen molar-refractivity contribution < 1.29 is 27.6 Å². The molecule has 3 fully saturated rings. The third-order valence-electron chi connectivity index (χ3n) is 13.4. The molecule has 0 radical (unpaired) electrons. The van der Waals surface area contributed by atoms with Crippen molar-refractivity contribution in [1.82, 2.24) is 34.3 Å². The molecule has 4 aliphatic rings. The molecule has 18 heteroatoms. The van der Waals surface area contributed by atoms with Gasteiger partial charge in [-0.25, -0.2) is 23.1 Å². The number of morpholine rings is 1. The number of nitro benzene ring substituents is 1. The number of nitro groups is 1. The lowest BCUT2D eigenvalue weighted by Crippen LogP contribution is -2.47. The van der Waals surface area contributed by atoms with Crippen molar-refractivity contribution in [2.45, 2.75) is 63.0 Å². The summed E-state index contributed by atoms with van der Waals surface area (Å²) in [6.45, 7) is 10.8. The number of nitrogens with zero attached hydrogens (tertiary/aromatic N) is 7. The van der Waals surface area contributed by atoms with E-state index in [1.165, 1.54) is 28.8 Å². The Balaban J connectivity index is 0.894. The molecule has 1 saturated carbocycles. The Morgan fingerprint density at radius 1 is 1.03 bits per heavy atom. The van der Waals surface area contributed by atoms with Crippen molar-refractivity contribution in [2.24, 2.45) is 5.41 Å². The maximum Gasteiger partial charge on any atom is 0.312 e. The molecule has 16 nitrogen and oxygen atoms in total.